The summed E-state index contributed by atoms with van der Waals surface area (Å²) < 4.78 is 4.96. The molecular formula is C7H11NO4. The van der Waals surface area contributed by atoms with Crippen LogP contribution in [0.3, 0.4) is 0 Å². The van der Waals surface area contributed by atoms with E-state index in [2.05, 4.69) is 5.32 Å². The highest BCUT2D eigenvalue weighted by atomic mass is 16.5. The first-order valence-electron chi connectivity index (χ1n) is 3.75. The number of carboxylic acid groups (broad SMARTS) is 1. The predicted molar refractivity (Wildman–Crippen MR) is 39.6 cm³/mol. The number of ether oxygens (including phenoxy) is 1. The number of carboxylic acids is 1. The van der Waals surface area contributed by atoms with Gasteiger partial charge in [0.1, 0.15) is 6.10 Å². The van der Waals surface area contributed by atoms with Crippen molar-refractivity contribution in [2.24, 2.45) is 0 Å². The fourth-order valence-electron chi connectivity index (χ4n) is 1.17. The lowest BCUT2D eigenvalue weighted by Crippen LogP contribution is -2.33. The molecule has 1 fully saturated rings. The van der Waals surface area contributed by atoms with Crippen molar-refractivity contribution < 1.29 is 19.4 Å². The standard InChI is InChI=1S/C7H11NO4/c1-8-6(9)4-2-3-5(12-4)7(10)11/h4-5H,2-3H2,1H3,(H,8,9)(H,10,11). The van der Waals surface area contributed by atoms with Crippen molar-refractivity contribution in [3.63, 3.8) is 0 Å². The van der Waals surface area contributed by atoms with E-state index in [0.29, 0.717) is 12.8 Å². The first kappa shape index (κ1) is 8.99. The van der Waals surface area contributed by atoms with Crippen molar-refractivity contribution >= 4 is 11.9 Å². The van der Waals surface area contributed by atoms with Gasteiger partial charge in [-0.3, -0.25) is 4.79 Å². The summed E-state index contributed by atoms with van der Waals surface area (Å²) in [6, 6.07) is 0. The minimum absolute atomic E-state index is 0.251. The Morgan fingerprint density at radius 2 is 2.00 bits per heavy atom. The summed E-state index contributed by atoms with van der Waals surface area (Å²) in [5.41, 5.74) is 0. The molecule has 5 heteroatoms. The van der Waals surface area contributed by atoms with Crippen LogP contribution in [0.25, 0.3) is 0 Å². The van der Waals surface area contributed by atoms with Crippen molar-refractivity contribution in [1.82, 2.24) is 5.32 Å². The van der Waals surface area contributed by atoms with Gasteiger partial charge in [0.15, 0.2) is 6.10 Å². The summed E-state index contributed by atoms with van der Waals surface area (Å²) in [5.74, 6) is -1.25. The van der Waals surface area contributed by atoms with Crippen LogP contribution in [-0.2, 0) is 14.3 Å². The molecule has 0 bridgehead atoms. The van der Waals surface area contributed by atoms with Gasteiger partial charge in [0.2, 0.25) is 5.91 Å². The van der Waals surface area contributed by atoms with E-state index < -0.39 is 18.2 Å². The number of amides is 1. The molecule has 2 atom stereocenters. The first-order valence-corrected chi connectivity index (χ1v) is 3.75. The highest BCUT2D eigenvalue weighted by molar-refractivity contribution is 5.82. The monoisotopic (exact) mass is 173 g/mol. The topological polar surface area (TPSA) is 75.6 Å². The van der Waals surface area contributed by atoms with Gasteiger partial charge >= 0.3 is 5.97 Å². The van der Waals surface area contributed by atoms with E-state index in [4.69, 9.17) is 9.84 Å². The third-order valence-electron chi connectivity index (χ3n) is 1.83. The molecule has 0 radical (unpaired) electrons. The Morgan fingerprint density at radius 3 is 2.42 bits per heavy atom. The smallest absolute Gasteiger partial charge is 0.332 e. The Bertz CT molecular complexity index is 204. The van der Waals surface area contributed by atoms with E-state index in [1.54, 1.807) is 0 Å². The van der Waals surface area contributed by atoms with Crippen LogP contribution < -0.4 is 5.32 Å². The van der Waals surface area contributed by atoms with E-state index in [9.17, 15) is 9.59 Å². The van der Waals surface area contributed by atoms with Crippen LogP contribution in [0.2, 0.25) is 0 Å². The molecule has 1 saturated heterocycles. The second kappa shape index (κ2) is 3.53. The van der Waals surface area contributed by atoms with Gasteiger partial charge in [0.25, 0.3) is 0 Å². The number of likely N-dealkylation sites (N-methyl/N-ethyl adjacent to an activating group) is 1. The molecule has 12 heavy (non-hydrogen) atoms. The molecule has 1 heterocycles. The number of nitrogens with one attached hydrogen (secondary N) is 1. The second-order valence-electron chi connectivity index (χ2n) is 2.64. The number of rotatable bonds is 2. The van der Waals surface area contributed by atoms with Crippen LogP contribution in [0.5, 0.6) is 0 Å². The fourth-order valence-corrected chi connectivity index (χ4v) is 1.17. The zero-order valence-corrected chi connectivity index (χ0v) is 6.74. The number of carbonyl (C=O) groups excluding carboxylic acids is 1. The van der Waals surface area contributed by atoms with Crippen molar-refractivity contribution in [3.8, 4) is 0 Å². The highest BCUT2D eigenvalue weighted by Crippen LogP contribution is 2.19. The molecule has 1 amide bonds. The van der Waals surface area contributed by atoms with Crippen LogP contribution in [0.15, 0.2) is 0 Å². The number of aliphatic carboxylic acids is 1. The van der Waals surface area contributed by atoms with Crippen LogP contribution >= 0.6 is 0 Å². The maximum Gasteiger partial charge on any atom is 0.332 e. The summed E-state index contributed by atoms with van der Waals surface area (Å²) in [4.78, 5) is 21.4. The van der Waals surface area contributed by atoms with Crippen molar-refractivity contribution in [1.29, 1.82) is 0 Å². The molecule has 1 rings (SSSR count). The zero-order chi connectivity index (χ0) is 9.14. The Hall–Kier alpha value is -1.10. The normalized spacial score (nSPS) is 28.4. The van der Waals surface area contributed by atoms with E-state index in [0.717, 1.165) is 0 Å². The Morgan fingerprint density at radius 1 is 1.42 bits per heavy atom. The van der Waals surface area contributed by atoms with Gasteiger partial charge in [0, 0.05) is 7.05 Å². The molecule has 0 aliphatic carbocycles. The molecular weight excluding hydrogens is 162 g/mol. The average Bonchev–Trinajstić information content (AvgIpc) is 2.51. The van der Waals surface area contributed by atoms with Gasteiger partial charge in [0.05, 0.1) is 0 Å². The van der Waals surface area contributed by atoms with Crippen LogP contribution in [-0.4, -0.2) is 36.2 Å². The van der Waals surface area contributed by atoms with Crippen molar-refractivity contribution in [2.45, 2.75) is 25.0 Å². The summed E-state index contributed by atoms with van der Waals surface area (Å²) in [7, 11) is 1.50. The Labute approximate surface area is 69.7 Å². The minimum atomic E-state index is -0.999. The third-order valence-corrected chi connectivity index (χ3v) is 1.83. The summed E-state index contributed by atoms with van der Waals surface area (Å²) in [6.07, 6.45) is -0.507. The van der Waals surface area contributed by atoms with Gasteiger partial charge in [-0.05, 0) is 12.8 Å². The summed E-state index contributed by atoms with van der Waals surface area (Å²) in [6.45, 7) is 0. The molecule has 2 N–H and O–H groups in total. The summed E-state index contributed by atoms with van der Waals surface area (Å²) in [5, 5.41) is 10.9. The average molecular weight is 173 g/mol. The molecule has 0 aromatic rings. The molecule has 1 aliphatic rings. The number of hydrogen-bond donors (Lipinski definition) is 2. The third kappa shape index (κ3) is 1.73. The maximum absolute atomic E-state index is 11.0. The SMILES string of the molecule is CNC(=O)C1CCC(C(=O)O)O1. The zero-order valence-electron chi connectivity index (χ0n) is 6.74. The number of hydrogen-bond acceptors (Lipinski definition) is 3. The van der Waals surface area contributed by atoms with E-state index in [-0.39, 0.29) is 5.91 Å². The van der Waals surface area contributed by atoms with Crippen molar-refractivity contribution in [3.05, 3.63) is 0 Å². The second-order valence-corrected chi connectivity index (χ2v) is 2.64. The lowest BCUT2D eigenvalue weighted by Gasteiger charge is -2.08. The lowest BCUT2D eigenvalue weighted by molar-refractivity contribution is -0.151. The van der Waals surface area contributed by atoms with Crippen molar-refractivity contribution in [2.75, 3.05) is 7.05 Å². The summed E-state index contributed by atoms with van der Waals surface area (Å²) >= 11 is 0. The van der Waals surface area contributed by atoms with E-state index in [1.807, 2.05) is 0 Å². The minimum Gasteiger partial charge on any atom is -0.479 e. The van der Waals surface area contributed by atoms with E-state index in [1.165, 1.54) is 7.05 Å². The van der Waals surface area contributed by atoms with E-state index >= 15 is 0 Å². The quantitative estimate of drug-likeness (QED) is 0.582. The largest absolute Gasteiger partial charge is 0.479 e. The van der Waals surface area contributed by atoms with Crippen LogP contribution in [0.1, 0.15) is 12.8 Å². The van der Waals surface area contributed by atoms with Crippen LogP contribution in [0.4, 0.5) is 0 Å². The lowest BCUT2D eigenvalue weighted by atomic mass is 10.2. The molecule has 0 aromatic carbocycles. The predicted octanol–water partition coefficient (Wildman–Crippen LogP) is -0.635. The van der Waals surface area contributed by atoms with Gasteiger partial charge in [-0.15, -0.1) is 0 Å². The van der Waals surface area contributed by atoms with Gasteiger partial charge < -0.3 is 15.2 Å². The molecule has 68 valence electrons. The van der Waals surface area contributed by atoms with Gasteiger partial charge in [-0.1, -0.05) is 0 Å². The Kier molecular flexibility index (Phi) is 2.65. The molecule has 5 nitrogen and oxygen atoms in total. The maximum atomic E-state index is 11.0. The molecule has 0 saturated carbocycles. The highest BCUT2D eigenvalue weighted by Gasteiger charge is 2.33. The molecule has 0 spiro atoms. The Balaban J connectivity index is 2.45. The molecule has 0 aromatic heterocycles. The molecule has 2 unspecified atom stereocenters. The number of carbonyl (C=O) groups is 2. The van der Waals surface area contributed by atoms with Gasteiger partial charge in [-0.25, -0.2) is 4.79 Å². The van der Waals surface area contributed by atoms with Crippen LogP contribution in [0, 0.1) is 0 Å². The first-order chi connectivity index (χ1) is 5.65. The van der Waals surface area contributed by atoms with Gasteiger partial charge in [-0.2, -0.15) is 0 Å². The fraction of sp³-hybridized carbons (Fsp3) is 0.714. The molecule has 1 aliphatic heterocycles.